The van der Waals surface area contributed by atoms with E-state index in [-0.39, 0.29) is 12.3 Å². The van der Waals surface area contributed by atoms with E-state index in [1.807, 2.05) is 78.9 Å². The molecule has 1 atom stereocenters. The van der Waals surface area contributed by atoms with Gasteiger partial charge in [0.25, 0.3) is 5.91 Å². The van der Waals surface area contributed by atoms with E-state index in [4.69, 9.17) is 22.4 Å². The number of morpholine rings is 1. The second kappa shape index (κ2) is 16.0. The minimum Gasteiger partial charge on any atom is -0.493 e. The van der Waals surface area contributed by atoms with Crippen LogP contribution in [-0.2, 0) is 9.53 Å². The first-order valence-electron chi connectivity index (χ1n) is 14.5. The molecule has 2 radical (unpaired) electrons. The van der Waals surface area contributed by atoms with E-state index >= 15 is 0 Å². The van der Waals surface area contributed by atoms with Gasteiger partial charge in [-0.15, -0.1) is 0 Å². The van der Waals surface area contributed by atoms with E-state index in [1.165, 1.54) is 0 Å². The second-order valence-corrected chi connectivity index (χ2v) is 10.3. The van der Waals surface area contributed by atoms with Gasteiger partial charge in [0, 0.05) is 49.7 Å². The molecule has 0 bridgehead atoms. The van der Waals surface area contributed by atoms with Crippen LogP contribution in [0.25, 0.3) is 11.1 Å². The first kappa shape index (κ1) is 30.3. The summed E-state index contributed by atoms with van der Waals surface area (Å²) >= 11 is 0. The van der Waals surface area contributed by atoms with E-state index in [2.05, 4.69) is 4.90 Å². The Hall–Kier alpha value is -3.62. The number of para-hydroxylation sites is 1. The van der Waals surface area contributed by atoms with Crippen LogP contribution >= 0.6 is 0 Å². The zero-order valence-corrected chi connectivity index (χ0v) is 23.6. The van der Waals surface area contributed by atoms with E-state index in [9.17, 15) is 9.59 Å². The molecular weight excluding hydrogens is 515 g/mol. The van der Waals surface area contributed by atoms with Crippen LogP contribution in [0.4, 0.5) is 0 Å². The van der Waals surface area contributed by atoms with Gasteiger partial charge in [0.2, 0.25) is 0 Å². The zero-order valence-electron chi connectivity index (χ0n) is 23.6. The number of nitrogens with zero attached hydrogens (tertiary/aromatic N) is 2. The van der Waals surface area contributed by atoms with Crippen LogP contribution in [-0.4, -0.2) is 80.6 Å². The maximum absolute atomic E-state index is 13.9. The van der Waals surface area contributed by atoms with Gasteiger partial charge in [-0.3, -0.25) is 14.5 Å². The minimum absolute atomic E-state index is 0.123. The summed E-state index contributed by atoms with van der Waals surface area (Å²) in [4.78, 5) is 28.8. The topological polar surface area (TPSA) is 79.3 Å². The van der Waals surface area contributed by atoms with Crippen molar-refractivity contribution in [2.24, 2.45) is 0 Å². The number of carbonyl (C=O) groups is 2. The minimum atomic E-state index is -0.782. The summed E-state index contributed by atoms with van der Waals surface area (Å²) in [7, 11) is 6.83. The number of rotatable bonds is 15. The number of aliphatic carboxylic acids is 1. The van der Waals surface area contributed by atoms with Crippen LogP contribution < -0.4 is 4.74 Å². The van der Waals surface area contributed by atoms with Crippen molar-refractivity contribution in [1.82, 2.24) is 9.80 Å². The van der Waals surface area contributed by atoms with Crippen LogP contribution in [0, 0.1) is 0 Å². The first-order valence-corrected chi connectivity index (χ1v) is 14.5. The average Bonchev–Trinajstić information content (AvgIpc) is 3.01. The Morgan fingerprint density at radius 1 is 0.878 bits per heavy atom. The maximum atomic E-state index is 13.9. The smallest absolute Gasteiger partial charge is 0.303 e. The molecule has 3 aromatic rings. The predicted octanol–water partition coefficient (Wildman–Crippen LogP) is 5.41. The number of unbranched alkanes of at least 4 members (excludes halogenated alkanes) is 2. The van der Waals surface area contributed by atoms with E-state index in [0.717, 1.165) is 68.8 Å². The second-order valence-electron chi connectivity index (χ2n) is 10.3. The summed E-state index contributed by atoms with van der Waals surface area (Å²) in [5.74, 6) is -0.953. The molecule has 1 heterocycles. The van der Waals surface area contributed by atoms with E-state index in [1.54, 1.807) is 4.90 Å². The summed E-state index contributed by atoms with van der Waals surface area (Å²) < 4.78 is 11.5. The summed E-state index contributed by atoms with van der Waals surface area (Å²) in [6.07, 6.45) is 3.08. The van der Waals surface area contributed by atoms with Gasteiger partial charge in [0.15, 0.2) is 0 Å². The van der Waals surface area contributed by atoms with Crippen LogP contribution in [0.15, 0.2) is 78.9 Å². The van der Waals surface area contributed by atoms with Gasteiger partial charge in [0.1, 0.15) is 13.6 Å². The van der Waals surface area contributed by atoms with Crippen LogP contribution in [0.1, 0.15) is 54.0 Å². The third-order valence-corrected chi connectivity index (χ3v) is 7.34. The highest BCUT2D eigenvalue weighted by atomic mass is 16.5. The average molecular weight is 554 g/mol. The molecule has 1 unspecified atom stereocenters. The lowest BCUT2D eigenvalue weighted by molar-refractivity contribution is -0.137. The number of hydrogen-bond donors (Lipinski definition) is 1. The van der Waals surface area contributed by atoms with Gasteiger partial charge in [-0.05, 0) is 55.0 Å². The Kier molecular flexibility index (Phi) is 11.8. The quantitative estimate of drug-likeness (QED) is 0.200. The number of hydrogen-bond acceptors (Lipinski definition) is 5. The predicted molar refractivity (Wildman–Crippen MR) is 161 cm³/mol. The molecule has 3 aromatic carbocycles. The van der Waals surface area contributed by atoms with Crippen molar-refractivity contribution in [2.75, 3.05) is 46.0 Å². The first-order chi connectivity index (χ1) is 20.0. The SMILES string of the molecule is [B]C(c1ccccc1OCCCCCC(=O)O)N(CCCN1CCOCC1)C(=O)c1ccc(-c2ccccc2)cc1. The molecule has 0 aromatic heterocycles. The van der Waals surface area contributed by atoms with Crippen molar-refractivity contribution >= 4 is 19.7 Å². The number of amides is 1. The molecule has 214 valence electrons. The van der Waals surface area contributed by atoms with E-state index in [0.29, 0.717) is 30.9 Å². The number of carboxylic acids is 1. The Bertz CT molecular complexity index is 1230. The molecule has 1 amide bonds. The molecule has 41 heavy (non-hydrogen) atoms. The molecule has 0 aliphatic carbocycles. The van der Waals surface area contributed by atoms with Crippen LogP contribution in [0.5, 0.6) is 5.75 Å². The normalized spacial score (nSPS) is 14.3. The largest absolute Gasteiger partial charge is 0.493 e. The van der Waals surface area contributed by atoms with Crippen LogP contribution in [0.3, 0.4) is 0 Å². The lowest BCUT2D eigenvalue weighted by Gasteiger charge is -2.33. The molecule has 4 rings (SSSR count). The summed E-state index contributed by atoms with van der Waals surface area (Å²) in [6, 6.07) is 25.3. The Balaban J connectivity index is 1.47. The summed E-state index contributed by atoms with van der Waals surface area (Å²) in [5.41, 5.74) is 3.48. The molecule has 1 N–H and O–H groups in total. The fourth-order valence-corrected chi connectivity index (χ4v) is 5.02. The number of ether oxygens (including phenoxy) is 2. The van der Waals surface area contributed by atoms with Gasteiger partial charge >= 0.3 is 5.97 Å². The van der Waals surface area contributed by atoms with Gasteiger partial charge in [-0.25, -0.2) is 0 Å². The molecule has 0 saturated carbocycles. The lowest BCUT2D eigenvalue weighted by atomic mass is 9.86. The Morgan fingerprint density at radius 2 is 1.56 bits per heavy atom. The van der Waals surface area contributed by atoms with Gasteiger partial charge in [-0.2, -0.15) is 0 Å². The number of carboxylic acid groups (broad SMARTS) is 1. The fourth-order valence-electron chi connectivity index (χ4n) is 5.02. The van der Waals surface area contributed by atoms with Crippen molar-refractivity contribution < 1.29 is 24.2 Å². The van der Waals surface area contributed by atoms with Crippen LogP contribution in [0.2, 0.25) is 0 Å². The molecule has 8 heteroatoms. The summed E-state index contributed by atoms with van der Waals surface area (Å²) in [5, 5.41) is 8.84. The monoisotopic (exact) mass is 554 g/mol. The Labute approximate surface area is 244 Å². The van der Waals surface area contributed by atoms with Crippen molar-refractivity contribution in [3.63, 3.8) is 0 Å². The highest BCUT2D eigenvalue weighted by Crippen LogP contribution is 2.29. The van der Waals surface area contributed by atoms with Gasteiger partial charge < -0.3 is 19.5 Å². The molecule has 7 nitrogen and oxygen atoms in total. The number of carbonyl (C=O) groups excluding carboxylic acids is 1. The van der Waals surface area contributed by atoms with Gasteiger partial charge in [0.05, 0.1) is 19.8 Å². The molecule has 1 aliphatic heterocycles. The molecule has 0 spiro atoms. The summed E-state index contributed by atoms with van der Waals surface area (Å²) in [6.45, 7) is 5.07. The van der Waals surface area contributed by atoms with Crippen molar-refractivity contribution in [1.29, 1.82) is 0 Å². The number of benzene rings is 3. The highest BCUT2D eigenvalue weighted by molar-refractivity contribution is 6.14. The van der Waals surface area contributed by atoms with Crippen molar-refractivity contribution in [3.05, 3.63) is 90.0 Å². The van der Waals surface area contributed by atoms with E-state index < -0.39 is 11.9 Å². The Morgan fingerprint density at radius 3 is 2.29 bits per heavy atom. The lowest BCUT2D eigenvalue weighted by Crippen LogP contribution is -2.40. The molecule has 1 saturated heterocycles. The standard InChI is InChI=1S/C33H39BN2O5/c34-32(29-12-6-7-13-30(29)41-23-8-2-5-14-31(37)38)36(20-9-19-35-21-24-40-25-22-35)33(39)28-17-15-27(16-18-28)26-10-3-1-4-11-26/h1,3-4,6-7,10-13,15-18,32H,2,5,8-9,14,19-25H2,(H,37,38). The maximum Gasteiger partial charge on any atom is 0.303 e. The highest BCUT2D eigenvalue weighted by Gasteiger charge is 2.25. The van der Waals surface area contributed by atoms with Crippen molar-refractivity contribution in [2.45, 2.75) is 38.0 Å². The molecule has 1 aliphatic rings. The molecule has 1 fully saturated rings. The third kappa shape index (κ3) is 9.20. The van der Waals surface area contributed by atoms with Crippen molar-refractivity contribution in [3.8, 4) is 16.9 Å². The fraction of sp³-hybridized carbons (Fsp3) is 0.394. The zero-order chi connectivity index (χ0) is 28.9. The third-order valence-electron chi connectivity index (χ3n) is 7.34. The van der Waals surface area contributed by atoms with Gasteiger partial charge in [-0.1, -0.05) is 60.7 Å². The molecular formula is C33H39BN2O5.